The van der Waals surface area contributed by atoms with Crippen LogP contribution in [-0.4, -0.2) is 37.5 Å². The molecule has 2 N–H and O–H groups in total. The van der Waals surface area contributed by atoms with Crippen molar-refractivity contribution in [1.82, 2.24) is 10.6 Å². The van der Waals surface area contributed by atoms with Gasteiger partial charge in [0, 0.05) is 8.95 Å². The molecule has 0 spiro atoms. The van der Waals surface area contributed by atoms with Crippen LogP contribution in [0.2, 0.25) is 0 Å². The van der Waals surface area contributed by atoms with E-state index < -0.39 is 32.3 Å². The molecule has 4 aromatic rings. The second-order valence-electron chi connectivity index (χ2n) is 9.48. The number of nitrogens with one attached hydrogen (secondary N) is 2. The molecule has 2 unspecified atom stereocenters. The van der Waals surface area contributed by atoms with Crippen molar-refractivity contribution >= 4 is 51.9 Å². The monoisotopic (exact) mass is 776 g/mol. The number of hydrogen-bond acceptors (Lipinski definition) is 9. The van der Waals surface area contributed by atoms with Crippen molar-refractivity contribution in [2.45, 2.75) is 26.1 Å². The molecule has 4 rings (SSSR count). The largest absolute Gasteiger partial charge is 0.481 e. The molecule has 0 saturated carbocycles. The molecule has 0 aliphatic rings. The maximum atomic E-state index is 12.3. The number of carbonyl (C=O) groups is 2. The lowest BCUT2D eigenvalue weighted by Crippen LogP contribution is -2.37. The first-order chi connectivity index (χ1) is 22.1. The molecule has 0 fully saturated rings. The van der Waals surface area contributed by atoms with Gasteiger partial charge in [0.05, 0.1) is 0 Å². The molecule has 14 heteroatoms. The minimum absolute atomic E-state index is 0.376. The Kier molecular flexibility index (Phi) is 13.5. The highest BCUT2D eigenvalue weighted by atomic mass is 79.9. The van der Waals surface area contributed by atoms with Gasteiger partial charge in [-0.25, -0.2) is 0 Å². The van der Waals surface area contributed by atoms with Crippen LogP contribution in [0.5, 0.6) is 34.5 Å². The van der Waals surface area contributed by atoms with Gasteiger partial charge >= 0.3 is 8.25 Å². The molecular formula is C32H31Br2N2O9P. The van der Waals surface area contributed by atoms with Crippen LogP contribution in [-0.2, 0) is 23.2 Å². The van der Waals surface area contributed by atoms with Gasteiger partial charge in [0.15, 0.2) is 12.2 Å². The summed E-state index contributed by atoms with van der Waals surface area (Å²) in [6.45, 7) is 2.37. The first-order valence-electron chi connectivity index (χ1n) is 13.9. The third kappa shape index (κ3) is 11.8. The molecule has 0 saturated heterocycles. The molecule has 4 aromatic carbocycles. The zero-order valence-corrected chi connectivity index (χ0v) is 28.9. The molecule has 0 aliphatic heterocycles. The number of halogens is 2. The van der Waals surface area contributed by atoms with Gasteiger partial charge in [0.1, 0.15) is 48.0 Å². The summed E-state index contributed by atoms with van der Waals surface area (Å²) in [6.07, 6.45) is -1.72. The van der Waals surface area contributed by atoms with Gasteiger partial charge in [0.2, 0.25) is 0 Å². The van der Waals surface area contributed by atoms with Crippen LogP contribution in [0.1, 0.15) is 13.8 Å². The molecular weight excluding hydrogens is 747 g/mol. The van der Waals surface area contributed by atoms with Crippen LogP contribution in [0.15, 0.2) is 106 Å². The number of carbonyl (C=O) groups excluding carboxylic acids is 2. The van der Waals surface area contributed by atoms with Crippen molar-refractivity contribution in [1.29, 1.82) is 0 Å². The topological polar surface area (TPSA) is 131 Å². The maximum Gasteiger partial charge on any atom is 0.322 e. The Hall–Kier alpha value is -3.87. The highest BCUT2D eigenvalue weighted by Gasteiger charge is 2.17. The summed E-state index contributed by atoms with van der Waals surface area (Å²) in [6, 6.07) is 28.4. The Morgan fingerprint density at radius 3 is 1.17 bits per heavy atom. The Bertz CT molecular complexity index is 1470. The van der Waals surface area contributed by atoms with Crippen LogP contribution in [0.25, 0.3) is 0 Å². The van der Waals surface area contributed by atoms with Gasteiger partial charge < -0.3 is 29.6 Å². The van der Waals surface area contributed by atoms with Crippen LogP contribution in [0, 0.1) is 0 Å². The molecule has 0 bridgehead atoms. The molecule has 0 aromatic heterocycles. The summed E-state index contributed by atoms with van der Waals surface area (Å²) in [5, 5.41) is 4.92. The number of amides is 2. The Morgan fingerprint density at radius 1 is 0.565 bits per heavy atom. The van der Waals surface area contributed by atoms with E-state index in [4.69, 9.17) is 28.0 Å². The van der Waals surface area contributed by atoms with Crippen LogP contribution in [0.3, 0.4) is 0 Å². The Morgan fingerprint density at radius 2 is 0.848 bits per heavy atom. The van der Waals surface area contributed by atoms with E-state index in [-0.39, 0.29) is 13.5 Å². The molecule has 0 radical (unpaired) electrons. The fourth-order valence-electron chi connectivity index (χ4n) is 3.63. The van der Waals surface area contributed by atoms with Gasteiger partial charge in [-0.2, -0.15) is 0 Å². The van der Waals surface area contributed by atoms with E-state index in [1.54, 1.807) is 62.4 Å². The molecule has 46 heavy (non-hydrogen) atoms. The zero-order chi connectivity index (χ0) is 32.9. The average Bonchev–Trinajstić information content (AvgIpc) is 3.05. The number of ether oxygens (including phenoxy) is 4. The van der Waals surface area contributed by atoms with Crippen molar-refractivity contribution in [3.63, 3.8) is 0 Å². The van der Waals surface area contributed by atoms with E-state index in [2.05, 4.69) is 42.5 Å². The summed E-state index contributed by atoms with van der Waals surface area (Å²) in [5.74, 6) is 2.52. The molecule has 2 amide bonds. The second-order valence-corrected chi connectivity index (χ2v) is 12.4. The highest BCUT2D eigenvalue weighted by molar-refractivity contribution is 9.10. The predicted octanol–water partition coefficient (Wildman–Crippen LogP) is 7.60. The van der Waals surface area contributed by atoms with Gasteiger partial charge in [0.25, 0.3) is 11.8 Å². The molecule has 242 valence electrons. The minimum Gasteiger partial charge on any atom is -0.481 e. The molecule has 11 nitrogen and oxygen atoms in total. The van der Waals surface area contributed by atoms with Crippen molar-refractivity contribution in [2.75, 3.05) is 13.5 Å². The first kappa shape index (κ1) is 35.0. The number of hydrogen-bond donors (Lipinski definition) is 2. The molecule has 0 aliphatic carbocycles. The van der Waals surface area contributed by atoms with Gasteiger partial charge in [-0.1, -0.05) is 31.9 Å². The van der Waals surface area contributed by atoms with E-state index in [1.807, 2.05) is 48.5 Å². The van der Waals surface area contributed by atoms with E-state index in [1.165, 1.54) is 0 Å². The average molecular weight is 778 g/mol. The highest BCUT2D eigenvalue weighted by Crippen LogP contribution is 2.27. The quantitative estimate of drug-likeness (QED) is 0.0873. The van der Waals surface area contributed by atoms with Crippen molar-refractivity contribution in [2.24, 2.45) is 0 Å². The van der Waals surface area contributed by atoms with Crippen molar-refractivity contribution in [3.8, 4) is 34.5 Å². The van der Waals surface area contributed by atoms with E-state index in [0.717, 1.165) is 8.95 Å². The summed E-state index contributed by atoms with van der Waals surface area (Å²) in [7, 11) is -3.01. The van der Waals surface area contributed by atoms with Crippen LogP contribution < -0.4 is 29.6 Å². The summed E-state index contributed by atoms with van der Waals surface area (Å²) >= 11 is 6.76. The fourth-order valence-corrected chi connectivity index (χ4v) is 4.62. The van der Waals surface area contributed by atoms with Gasteiger partial charge in [-0.05, 0) is 111 Å². The lowest BCUT2D eigenvalue weighted by Gasteiger charge is -2.16. The van der Waals surface area contributed by atoms with Crippen LogP contribution in [0.4, 0.5) is 0 Å². The zero-order valence-electron chi connectivity index (χ0n) is 24.7. The number of benzene rings is 4. The van der Waals surface area contributed by atoms with Crippen molar-refractivity contribution < 1.29 is 42.1 Å². The lowest BCUT2D eigenvalue weighted by atomic mass is 10.3. The standard InChI is InChI=1S/C32H31Br2N2O9P/c1-21(42-25-11-15-29(16-12-25)44-27-7-3-23(33)4-8-27)31(37)35-19-40-46(39)41-20-36-32(38)22(2)43-26-13-17-30(18-14-26)45-28-9-5-24(34)6-10-28/h3-18,21-22,46H,19-20H2,1-2H3,(H,35,37)(H,36,38). The fraction of sp³-hybridized carbons (Fsp3) is 0.188. The van der Waals surface area contributed by atoms with E-state index >= 15 is 0 Å². The minimum atomic E-state index is -3.01. The second kappa shape index (κ2) is 17.7. The third-order valence-electron chi connectivity index (χ3n) is 5.98. The Labute approximate surface area is 283 Å². The maximum absolute atomic E-state index is 12.3. The molecule has 2 atom stereocenters. The third-order valence-corrected chi connectivity index (χ3v) is 7.80. The van der Waals surface area contributed by atoms with E-state index in [9.17, 15) is 14.2 Å². The predicted molar refractivity (Wildman–Crippen MR) is 179 cm³/mol. The summed E-state index contributed by atoms with van der Waals surface area (Å²) in [4.78, 5) is 24.7. The summed E-state index contributed by atoms with van der Waals surface area (Å²) in [5.41, 5.74) is 0. The Balaban J connectivity index is 1.08. The van der Waals surface area contributed by atoms with Crippen LogP contribution >= 0.6 is 40.1 Å². The lowest BCUT2D eigenvalue weighted by molar-refractivity contribution is -0.128. The van der Waals surface area contributed by atoms with E-state index in [0.29, 0.717) is 34.5 Å². The number of rotatable bonds is 16. The SMILES string of the molecule is CC(Oc1ccc(Oc2ccc(Br)cc2)cc1)C(=O)NCO[PH](=O)OCNC(=O)C(C)Oc1ccc(Oc2ccc(Br)cc2)cc1. The summed E-state index contributed by atoms with van der Waals surface area (Å²) < 4.78 is 46.8. The van der Waals surface area contributed by atoms with Gasteiger partial charge in [-0.15, -0.1) is 0 Å². The molecule has 0 heterocycles. The first-order valence-corrected chi connectivity index (χ1v) is 16.7. The van der Waals surface area contributed by atoms with Crippen molar-refractivity contribution in [3.05, 3.63) is 106 Å². The van der Waals surface area contributed by atoms with Gasteiger partial charge in [-0.3, -0.25) is 23.2 Å². The normalized spacial score (nSPS) is 12.7. The smallest absolute Gasteiger partial charge is 0.322 e.